The topological polar surface area (TPSA) is 103 Å². The third-order valence-corrected chi connectivity index (χ3v) is 6.59. The number of fused-ring (bicyclic) bond motifs is 1. The summed E-state index contributed by atoms with van der Waals surface area (Å²) in [6.07, 6.45) is 3.94. The van der Waals surface area contributed by atoms with E-state index in [9.17, 15) is 19.7 Å². The van der Waals surface area contributed by atoms with Crippen molar-refractivity contribution in [3.63, 3.8) is 0 Å². The van der Waals surface area contributed by atoms with Gasteiger partial charge in [0, 0.05) is 34.7 Å². The van der Waals surface area contributed by atoms with Crippen LogP contribution in [-0.4, -0.2) is 32.7 Å². The molecule has 1 saturated heterocycles. The van der Waals surface area contributed by atoms with Crippen LogP contribution >= 0.6 is 11.8 Å². The van der Waals surface area contributed by atoms with Gasteiger partial charge in [0.1, 0.15) is 12.3 Å². The molecule has 1 amide bonds. The first kappa shape index (κ1) is 21.0. The van der Waals surface area contributed by atoms with E-state index in [0.29, 0.717) is 12.0 Å². The number of esters is 1. The number of nitro benzene ring substituents is 1. The number of hydrogen-bond acceptors (Lipinski definition) is 7. The monoisotopic (exact) mass is 439 g/mol. The Morgan fingerprint density at radius 2 is 2.10 bits per heavy atom. The quantitative estimate of drug-likeness (QED) is 0.279. The van der Waals surface area contributed by atoms with E-state index in [1.807, 2.05) is 19.9 Å². The molecular formula is C22H21N3O5S. The minimum Gasteiger partial charge on any atom is -0.456 e. The number of nitrogens with zero attached hydrogens (tertiary/aromatic N) is 3. The number of para-hydroxylation sites is 1. The third-order valence-electron chi connectivity index (χ3n) is 5.50. The van der Waals surface area contributed by atoms with Gasteiger partial charge >= 0.3 is 5.97 Å². The SMILES string of the molecule is CC(C)C1C(=O)N2C(C(=O)OCc3ccccc3[N+](=O)[O-])=C(Sc3cccnc3)CC12. The molecule has 9 heteroatoms. The Labute approximate surface area is 183 Å². The number of thioether (sulfide) groups is 1. The van der Waals surface area contributed by atoms with Gasteiger partial charge in [0.05, 0.1) is 22.4 Å². The Bertz CT molecular complexity index is 1070. The average Bonchev–Trinajstić information content (AvgIpc) is 3.06. The van der Waals surface area contributed by atoms with Crippen molar-refractivity contribution in [1.29, 1.82) is 0 Å². The Morgan fingerprint density at radius 1 is 1.32 bits per heavy atom. The Morgan fingerprint density at radius 3 is 2.77 bits per heavy atom. The van der Waals surface area contributed by atoms with Gasteiger partial charge in [-0.2, -0.15) is 0 Å². The number of amides is 1. The molecule has 1 aromatic heterocycles. The van der Waals surface area contributed by atoms with E-state index in [4.69, 9.17) is 4.74 Å². The van der Waals surface area contributed by atoms with Gasteiger partial charge in [-0.25, -0.2) is 4.79 Å². The average molecular weight is 439 g/mol. The van der Waals surface area contributed by atoms with Crippen molar-refractivity contribution >= 4 is 29.3 Å². The highest BCUT2D eigenvalue weighted by Gasteiger charge is 2.56. The summed E-state index contributed by atoms with van der Waals surface area (Å²) < 4.78 is 5.44. The van der Waals surface area contributed by atoms with Crippen LogP contribution in [0.25, 0.3) is 0 Å². The maximum atomic E-state index is 13.0. The van der Waals surface area contributed by atoms with Crippen LogP contribution in [0, 0.1) is 22.0 Å². The van der Waals surface area contributed by atoms with Gasteiger partial charge in [0.25, 0.3) is 5.69 Å². The third kappa shape index (κ3) is 3.93. The van der Waals surface area contributed by atoms with E-state index in [-0.39, 0.29) is 41.8 Å². The van der Waals surface area contributed by atoms with Crippen molar-refractivity contribution in [3.8, 4) is 0 Å². The van der Waals surface area contributed by atoms with Gasteiger partial charge < -0.3 is 9.64 Å². The second-order valence-corrected chi connectivity index (χ2v) is 8.94. The fourth-order valence-corrected chi connectivity index (χ4v) is 5.16. The molecule has 2 aliphatic rings. The number of nitro groups is 1. The van der Waals surface area contributed by atoms with Gasteiger partial charge in [-0.05, 0) is 24.1 Å². The predicted octanol–water partition coefficient (Wildman–Crippen LogP) is 3.92. The zero-order chi connectivity index (χ0) is 22.1. The molecule has 1 aromatic carbocycles. The lowest BCUT2D eigenvalue weighted by Gasteiger charge is -2.45. The predicted molar refractivity (Wildman–Crippen MR) is 114 cm³/mol. The second kappa shape index (κ2) is 8.50. The lowest BCUT2D eigenvalue weighted by Crippen LogP contribution is -2.60. The van der Waals surface area contributed by atoms with Crippen molar-refractivity contribution in [3.05, 3.63) is 75.1 Å². The summed E-state index contributed by atoms with van der Waals surface area (Å²) >= 11 is 1.39. The first-order valence-electron chi connectivity index (χ1n) is 9.92. The van der Waals surface area contributed by atoms with E-state index in [1.165, 1.54) is 22.7 Å². The number of hydrogen-bond donors (Lipinski definition) is 0. The first-order valence-corrected chi connectivity index (χ1v) is 10.7. The molecule has 3 heterocycles. The van der Waals surface area contributed by atoms with Gasteiger partial charge in [-0.3, -0.25) is 19.9 Å². The molecule has 0 spiro atoms. The summed E-state index contributed by atoms with van der Waals surface area (Å²) in [5.74, 6) is -0.701. The number of ether oxygens (including phenoxy) is 1. The molecule has 0 radical (unpaired) electrons. The molecule has 160 valence electrons. The fourth-order valence-electron chi connectivity index (χ4n) is 4.09. The molecule has 8 nitrogen and oxygen atoms in total. The van der Waals surface area contributed by atoms with Crippen LogP contribution in [-0.2, 0) is 20.9 Å². The van der Waals surface area contributed by atoms with E-state index in [0.717, 1.165) is 9.80 Å². The largest absolute Gasteiger partial charge is 0.456 e. The number of aromatic nitrogens is 1. The van der Waals surface area contributed by atoms with Crippen LogP contribution in [0.1, 0.15) is 25.8 Å². The molecule has 4 rings (SSSR count). The maximum absolute atomic E-state index is 13.0. The summed E-state index contributed by atoms with van der Waals surface area (Å²) in [5, 5.41) is 11.2. The molecule has 2 atom stereocenters. The highest BCUT2D eigenvalue weighted by Crippen LogP contribution is 2.49. The highest BCUT2D eigenvalue weighted by atomic mass is 32.2. The number of carbonyl (C=O) groups excluding carboxylic acids is 2. The molecule has 0 saturated carbocycles. The van der Waals surface area contributed by atoms with E-state index < -0.39 is 10.9 Å². The van der Waals surface area contributed by atoms with Crippen molar-refractivity contribution in [2.75, 3.05) is 0 Å². The smallest absolute Gasteiger partial charge is 0.356 e. The van der Waals surface area contributed by atoms with Crippen molar-refractivity contribution in [2.24, 2.45) is 11.8 Å². The van der Waals surface area contributed by atoms with Crippen LogP contribution in [0.5, 0.6) is 0 Å². The van der Waals surface area contributed by atoms with Crippen molar-refractivity contribution in [2.45, 2.75) is 37.8 Å². The molecule has 0 N–H and O–H groups in total. The van der Waals surface area contributed by atoms with Crippen LogP contribution in [0.4, 0.5) is 5.69 Å². The molecule has 0 aliphatic carbocycles. The standard InChI is InChI=1S/C22H21N3O5S/c1-13(2)19-17-10-18(31-15-7-5-9-23-11-15)20(24(17)21(19)26)22(27)30-12-14-6-3-4-8-16(14)25(28)29/h3-9,11,13,17,19H,10,12H2,1-2H3. The lowest BCUT2D eigenvalue weighted by atomic mass is 9.79. The van der Waals surface area contributed by atoms with E-state index >= 15 is 0 Å². The number of β-lactam (4-membered cyclic amide) rings is 1. The summed E-state index contributed by atoms with van der Waals surface area (Å²) in [4.78, 5) is 43.8. The van der Waals surface area contributed by atoms with Crippen LogP contribution in [0.2, 0.25) is 0 Å². The summed E-state index contributed by atoms with van der Waals surface area (Å²) in [6, 6.07) is 9.74. The second-order valence-electron chi connectivity index (χ2n) is 7.77. The summed E-state index contributed by atoms with van der Waals surface area (Å²) in [5.41, 5.74) is 0.422. The molecule has 0 bridgehead atoms. The molecule has 2 aliphatic heterocycles. The maximum Gasteiger partial charge on any atom is 0.356 e. The number of carbonyl (C=O) groups is 2. The van der Waals surface area contributed by atoms with Crippen molar-refractivity contribution in [1.82, 2.24) is 9.88 Å². The van der Waals surface area contributed by atoms with E-state index in [2.05, 4.69) is 4.98 Å². The molecule has 1 fully saturated rings. The van der Waals surface area contributed by atoms with Crippen LogP contribution in [0.15, 0.2) is 64.3 Å². The normalized spacial score (nSPS) is 20.0. The molecule has 2 unspecified atom stereocenters. The Kier molecular flexibility index (Phi) is 5.77. The number of benzene rings is 1. The van der Waals surface area contributed by atoms with Gasteiger partial charge in [-0.15, -0.1) is 0 Å². The summed E-state index contributed by atoms with van der Waals surface area (Å²) in [6.45, 7) is 3.75. The lowest BCUT2D eigenvalue weighted by molar-refractivity contribution is -0.385. The van der Waals surface area contributed by atoms with Crippen LogP contribution < -0.4 is 0 Å². The Balaban J connectivity index is 1.59. The minimum absolute atomic E-state index is 0.0692. The van der Waals surface area contributed by atoms with E-state index in [1.54, 1.807) is 36.7 Å². The highest BCUT2D eigenvalue weighted by molar-refractivity contribution is 8.03. The minimum atomic E-state index is -0.650. The van der Waals surface area contributed by atoms with Crippen molar-refractivity contribution < 1.29 is 19.2 Å². The number of rotatable bonds is 7. The zero-order valence-corrected chi connectivity index (χ0v) is 17.9. The van der Waals surface area contributed by atoms with Gasteiger partial charge in [0.2, 0.25) is 5.91 Å². The fraction of sp³-hybridized carbons (Fsp3) is 0.318. The zero-order valence-electron chi connectivity index (χ0n) is 17.1. The van der Waals surface area contributed by atoms with Gasteiger partial charge in [0.15, 0.2) is 0 Å². The molecule has 2 aromatic rings. The number of pyridine rings is 1. The van der Waals surface area contributed by atoms with Gasteiger partial charge in [-0.1, -0.05) is 37.7 Å². The summed E-state index contributed by atoms with van der Waals surface area (Å²) in [7, 11) is 0. The molecule has 31 heavy (non-hydrogen) atoms. The first-order chi connectivity index (χ1) is 14.9. The molecular weight excluding hydrogens is 418 g/mol. The Hall–Kier alpha value is -3.20. The van der Waals surface area contributed by atoms with Crippen LogP contribution in [0.3, 0.4) is 0 Å².